The van der Waals surface area contributed by atoms with E-state index in [0.29, 0.717) is 10.4 Å². The highest BCUT2D eigenvalue weighted by molar-refractivity contribution is 9.10. The number of nitrogens with one attached hydrogen (secondary N) is 1. The second kappa shape index (κ2) is 5.57. The van der Waals surface area contributed by atoms with Crippen LogP contribution < -0.4 is 5.32 Å². The van der Waals surface area contributed by atoms with Crippen molar-refractivity contribution in [2.45, 2.75) is 19.1 Å². The minimum absolute atomic E-state index is 0.0252. The van der Waals surface area contributed by atoms with Crippen molar-refractivity contribution in [3.8, 4) is 11.3 Å². The van der Waals surface area contributed by atoms with Gasteiger partial charge in [0.05, 0.1) is 17.8 Å². The fraction of sp³-hybridized carbons (Fsp3) is 0.308. The topological polar surface area (TPSA) is 38.1 Å². The van der Waals surface area contributed by atoms with Crippen LogP contribution in [0, 0.1) is 0 Å². The third-order valence-corrected chi connectivity index (χ3v) is 3.37. The monoisotopic (exact) mass is 348 g/mol. The Labute approximate surface area is 122 Å². The molecule has 3 nitrogen and oxygen atoms in total. The Balaban J connectivity index is 2.50. The number of rotatable bonds is 3. The molecule has 1 aromatic carbocycles. The first-order valence-corrected chi connectivity index (χ1v) is 6.62. The summed E-state index contributed by atoms with van der Waals surface area (Å²) >= 11 is 3.04. The number of aromatic nitrogens is 1. The summed E-state index contributed by atoms with van der Waals surface area (Å²) in [4.78, 5) is 4.00. The van der Waals surface area contributed by atoms with Crippen LogP contribution in [0.15, 0.2) is 33.3 Å². The SMILES string of the molecule is CNC(C)c1ncc(-c2ccc(Br)cc2C(F)(F)F)o1. The highest BCUT2D eigenvalue weighted by Gasteiger charge is 2.34. The van der Waals surface area contributed by atoms with Gasteiger partial charge in [0.15, 0.2) is 5.76 Å². The first-order chi connectivity index (χ1) is 9.32. The van der Waals surface area contributed by atoms with E-state index >= 15 is 0 Å². The minimum atomic E-state index is -4.46. The van der Waals surface area contributed by atoms with Crippen LogP contribution in [0.4, 0.5) is 13.2 Å². The zero-order chi connectivity index (χ0) is 14.9. The quantitative estimate of drug-likeness (QED) is 0.893. The molecule has 0 radical (unpaired) electrons. The lowest BCUT2D eigenvalue weighted by Gasteiger charge is -2.11. The van der Waals surface area contributed by atoms with E-state index in [2.05, 4.69) is 26.2 Å². The molecular formula is C13H12BrF3N2O. The smallest absolute Gasteiger partial charge is 0.417 e. The Morgan fingerprint density at radius 3 is 2.65 bits per heavy atom. The first-order valence-electron chi connectivity index (χ1n) is 5.83. The van der Waals surface area contributed by atoms with Gasteiger partial charge in [0.2, 0.25) is 5.89 Å². The molecule has 7 heteroatoms. The van der Waals surface area contributed by atoms with Crippen LogP contribution in [-0.4, -0.2) is 12.0 Å². The standard InChI is InChI=1S/C13H12BrF3N2O/c1-7(18-2)12-19-6-11(20-12)9-4-3-8(14)5-10(9)13(15,16)17/h3-7,18H,1-2H3. The molecule has 0 aliphatic carbocycles. The zero-order valence-electron chi connectivity index (χ0n) is 10.8. The van der Waals surface area contributed by atoms with E-state index in [-0.39, 0.29) is 17.4 Å². The average molecular weight is 349 g/mol. The summed E-state index contributed by atoms with van der Waals surface area (Å²) in [7, 11) is 1.72. The molecule has 20 heavy (non-hydrogen) atoms. The van der Waals surface area contributed by atoms with E-state index in [4.69, 9.17) is 4.42 Å². The Morgan fingerprint density at radius 2 is 2.05 bits per heavy atom. The molecule has 0 fully saturated rings. The number of alkyl halides is 3. The van der Waals surface area contributed by atoms with E-state index < -0.39 is 11.7 Å². The molecule has 2 aromatic rings. The normalized spacial score (nSPS) is 13.5. The molecule has 0 spiro atoms. The fourth-order valence-corrected chi connectivity index (χ4v) is 2.06. The number of oxazole rings is 1. The maximum Gasteiger partial charge on any atom is 0.417 e. The van der Waals surface area contributed by atoms with Crippen molar-refractivity contribution in [3.63, 3.8) is 0 Å². The molecule has 0 aliphatic rings. The van der Waals surface area contributed by atoms with Gasteiger partial charge in [-0.25, -0.2) is 4.98 Å². The van der Waals surface area contributed by atoms with Gasteiger partial charge in [0.1, 0.15) is 0 Å². The predicted molar refractivity (Wildman–Crippen MR) is 72.1 cm³/mol. The molecule has 0 amide bonds. The van der Waals surface area contributed by atoms with Crippen LogP contribution in [-0.2, 0) is 6.18 Å². The van der Waals surface area contributed by atoms with Crippen molar-refractivity contribution in [1.29, 1.82) is 0 Å². The van der Waals surface area contributed by atoms with Crippen molar-refractivity contribution < 1.29 is 17.6 Å². The molecule has 1 unspecified atom stereocenters. The van der Waals surface area contributed by atoms with E-state index in [1.165, 1.54) is 18.3 Å². The van der Waals surface area contributed by atoms with Crippen LogP contribution >= 0.6 is 15.9 Å². The molecular weight excluding hydrogens is 337 g/mol. The zero-order valence-corrected chi connectivity index (χ0v) is 12.3. The third kappa shape index (κ3) is 3.04. The van der Waals surface area contributed by atoms with Gasteiger partial charge in [-0.3, -0.25) is 0 Å². The average Bonchev–Trinajstić information content (AvgIpc) is 2.86. The number of halogens is 4. The second-order valence-electron chi connectivity index (χ2n) is 4.26. The summed E-state index contributed by atoms with van der Waals surface area (Å²) in [5.74, 6) is 0.445. The lowest BCUT2D eigenvalue weighted by atomic mass is 10.1. The first kappa shape index (κ1) is 15.1. The van der Waals surface area contributed by atoms with Gasteiger partial charge in [0.25, 0.3) is 0 Å². The van der Waals surface area contributed by atoms with Crippen molar-refractivity contribution in [2.24, 2.45) is 0 Å². The van der Waals surface area contributed by atoms with Crippen LogP contribution in [0.5, 0.6) is 0 Å². The lowest BCUT2D eigenvalue weighted by Crippen LogP contribution is -2.12. The van der Waals surface area contributed by atoms with Crippen LogP contribution in [0.25, 0.3) is 11.3 Å². The van der Waals surface area contributed by atoms with E-state index in [9.17, 15) is 13.2 Å². The van der Waals surface area contributed by atoms with Crippen molar-refractivity contribution in [3.05, 3.63) is 40.3 Å². The summed E-state index contributed by atoms with van der Waals surface area (Å²) in [5, 5.41) is 2.91. The van der Waals surface area contributed by atoms with Crippen LogP contribution in [0.2, 0.25) is 0 Å². The predicted octanol–water partition coefficient (Wildman–Crippen LogP) is 4.40. The third-order valence-electron chi connectivity index (χ3n) is 2.88. The highest BCUT2D eigenvalue weighted by Crippen LogP contribution is 2.39. The van der Waals surface area contributed by atoms with Gasteiger partial charge >= 0.3 is 6.18 Å². The molecule has 108 valence electrons. The summed E-state index contributed by atoms with van der Waals surface area (Å²) in [6.07, 6.45) is -3.15. The summed E-state index contributed by atoms with van der Waals surface area (Å²) in [6, 6.07) is 3.75. The summed E-state index contributed by atoms with van der Waals surface area (Å²) in [6.45, 7) is 1.81. The molecule has 2 rings (SSSR count). The van der Waals surface area contributed by atoms with E-state index in [0.717, 1.165) is 6.07 Å². The summed E-state index contributed by atoms with van der Waals surface area (Å²) in [5.41, 5.74) is -0.783. The molecule has 1 aromatic heterocycles. The summed E-state index contributed by atoms with van der Waals surface area (Å²) < 4.78 is 44.9. The van der Waals surface area contributed by atoms with E-state index in [1.54, 1.807) is 7.05 Å². The number of nitrogens with zero attached hydrogens (tertiary/aromatic N) is 1. The van der Waals surface area contributed by atoms with Crippen molar-refractivity contribution >= 4 is 15.9 Å². The maximum absolute atomic E-state index is 13.1. The van der Waals surface area contributed by atoms with Gasteiger partial charge in [-0.05, 0) is 32.2 Å². The van der Waals surface area contributed by atoms with Gasteiger partial charge in [0, 0.05) is 10.0 Å². The van der Waals surface area contributed by atoms with Gasteiger partial charge in [-0.1, -0.05) is 15.9 Å². The molecule has 0 aliphatic heterocycles. The second-order valence-corrected chi connectivity index (χ2v) is 5.18. The van der Waals surface area contributed by atoms with Gasteiger partial charge in [-0.2, -0.15) is 13.2 Å². The molecule has 1 atom stereocenters. The Hall–Kier alpha value is -1.34. The molecule has 0 bridgehead atoms. The largest absolute Gasteiger partial charge is 0.439 e. The van der Waals surface area contributed by atoms with Crippen LogP contribution in [0.3, 0.4) is 0 Å². The Kier molecular flexibility index (Phi) is 4.19. The molecule has 1 N–H and O–H groups in total. The Bertz CT molecular complexity index is 610. The number of hydrogen-bond acceptors (Lipinski definition) is 3. The molecule has 0 saturated carbocycles. The Morgan fingerprint density at radius 1 is 1.35 bits per heavy atom. The molecule has 1 heterocycles. The lowest BCUT2D eigenvalue weighted by molar-refractivity contribution is -0.137. The van der Waals surface area contributed by atoms with Crippen LogP contribution in [0.1, 0.15) is 24.4 Å². The maximum atomic E-state index is 13.1. The van der Waals surface area contributed by atoms with Crippen molar-refractivity contribution in [1.82, 2.24) is 10.3 Å². The number of benzene rings is 1. The van der Waals surface area contributed by atoms with Gasteiger partial charge < -0.3 is 9.73 Å². The number of hydrogen-bond donors (Lipinski definition) is 1. The van der Waals surface area contributed by atoms with Gasteiger partial charge in [-0.15, -0.1) is 0 Å². The highest BCUT2D eigenvalue weighted by atomic mass is 79.9. The fourth-order valence-electron chi connectivity index (χ4n) is 1.70. The minimum Gasteiger partial charge on any atom is -0.439 e. The molecule has 0 saturated heterocycles. The van der Waals surface area contributed by atoms with Crippen molar-refractivity contribution in [2.75, 3.05) is 7.05 Å². The van der Waals surface area contributed by atoms with E-state index in [1.807, 2.05) is 6.92 Å².